The fourth-order valence-corrected chi connectivity index (χ4v) is 2.04. The molecule has 0 aliphatic heterocycles. The Morgan fingerprint density at radius 3 is 2.69 bits per heavy atom. The number of hydrogen-bond donors (Lipinski definition) is 0. The highest BCUT2D eigenvalue weighted by Crippen LogP contribution is 2.20. The van der Waals surface area contributed by atoms with Crippen molar-refractivity contribution in [2.75, 3.05) is 0 Å². The van der Waals surface area contributed by atoms with Crippen LogP contribution in [0.3, 0.4) is 0 Å². The van der Waals surface area contributed by atoms with Crippen molar-refractivity contribution in [1.29, 1.82) is 0 Å². The van der Waals surface area contributed by atoms with Crippen molar-refractivity contribution in [2.45, 2.75) is 6.61 Å². The van der Waals surface area contributed by atoms with Crippen molar-refractivity contribution < 1.29 is 9.53 Å². The first kappa shape index (κ1) is 11.1. The van der Waals surface area contributed by atoms with E-state index in [4.69, 9.17) is 16.3 Å². The molecule has 1 heterocycles. The lowest BCUT2D eigenvalue weighted by molar-refractivity contribution is 0.112. The maximum absolute atomic E-state index is 10.4. The van der Waals surface area contributed by atoms with Gasteiger partial charge in [-0.15, -0.1) is 11.3 Å². The quantitative estimate of drug-likeness (QED) is 0.786. The Balaban J connectivity index is 1.96. The second kappa shape index (κ2) is 5.09. The molecule has 0 amide bonds. The Bertz CT molecular complexity index is 481. The number of halogens is 1. The third kappa shape index (κ3) is 2.81. The topological polar surface area (TPSA) is 39.2 Å². The lowest BCUT2D eigenvalue weighted by Crippen LogP contribution is -1.92. The van der Waals surface area contributed by atoms with Crippen LogP contribution in [0.4, 0.5) is 0 Å². The number of hydrogen-bond acceptors (Lipinski definition) is 4. The SMILES string of the molecule is O=Cc1ccc(OCc2cnc(Cl)s2)cc1. The number of carbonyl (C=O) groups is 1. The number of carbonyl (C=O) groups excluding carboxylic acids is 1. The Labute approximate surface area is 102 Å². The van der Waals surface area contributed by atoms with Crippen molar-refractivity contribution in [2.24, 2.45) is 0 Å². The van der Waals surface area contributed by atoms with Gasteiger partial charge >= 0.3 is 0 Å². The van der Waals surface area contributed by atoms with Crippen LogP contribution in [-0.4, -0.2) is 11.3 Å². The summed E-state index contributed by atoms with van der Waals surface area (Å²) < 4.78 is 6.01. The van der Waals surface area contributed by atoms with Crippen molar-refractivity contribution in [3.63, 3.8) is 0 Å². The fraction of sp³-hybridized carbons (Fsp3) is 0.0909. The molecule has 2 aromatic rings. The first-order valence-electron chi connectivity index (χ1n) is 4.56. The summed E-state index contributed by atoms with van der Waals surface area (Å²) in [5, 5.41) is 0. The molecule has 0 aliphatic rings. The van der Waals surface area contributed by atoms with Gasteiger partial charge in [-0.3, -0.25) is 4.79 Å². The minimum Gasteiger partial charge on any atom is -0.488 e. The molecule has 2 rings (SSSR count). The van der Waals surface area contributed by atoms with Crippen LogP contribution in [0.2, 0.25) is 4.47 Å². The lowest BCUT2D eigenvalue weighted by Gasteiger charge is -2.03. The van der Waals surface area contributed by atoms with Crippen LogP contribution in [-0.2, 0) is 6.61 Å². The van der Waals surface area contributed by atoms with Gasteiger partial charge in [-0.25, -0.2) is 4.98 Å². The molecule has 0 radical (unpaired) electrons. The third-order valence-electron chi connectivity index (χ3n) is 1.92. The molecule has 16 heavy (non-hydrogen) atoms. The van der Waals surface area contributed by atoms with Crippen LogP contribution in [0.1, 0.15) is 15.2 Å². The lowest BCUT2D eigenvalue weighted by atomic mass is 10.2. The molecule has 0 saturated heterocycles. The molecule has 0 N–H and O–H groups in total. The van der Waals surface area contributed by atoms with E-state index in [-0.39, 0.29) is 0 Å². The maximum Gasteiger partial charge on any atom is 0.183 e. The highest BCUT2D eigenvalue weighted by molar-refractivity contribution is 7.15. The summed E-state index contributed by atoms with van der Waals surface area (Å²) in [5.41, 5.74) is 0.633. The molecule has 0 fully saturated rings. The van der Waals surface area contributed by atoms with Crippen LogP contribution in [0, 0.1) is 0 Å². The predicted molar refractivity (Wildman–Crippen MR) is 63.3 cm³/mol. The van der Waals surface area contributed by atoms with E-state index in [1.54, 1.807) is 30.5 Å². The van der Waals surface area contributed by atoms with Crippen LogP contribution >= 0.6 is 22.9 Å². The molecule has 0 bridgehead atoms. The van der Waals surface area contributed by atoms with Crippen molar-refractivity contribution in [3.8, 4) is 5.75 Å². The average molecular weight is 254 g/mol. The minimum absolute atomic E-state index is 0.435. The maximum atomic E-state index is 10.4. The van der Waals surface area contributed by atoms with E-state index in [1.807, 2.05) is 0 Å². The summed E-state index contributed by atoms with van der Waals surface area (Å²) in [6.07, 6.45) is 2.49. The summed E-state index contributed by atoms with van der Waals surface area (Å²) in [6.45, 7) is 0.435. The molecule has 0 aliphatic carbocycles. The second-order valence-corrected chi connectivity index (χ2v) is 4.75. The first-order chi connectivity index (χ1) is 7.78. The largest absolute Gasteiger partial charge is 0.488 e. The van der Waals surface area contributed by atoms with Crippen LogP contribution < -0.4 is 4.74 Å². The van der Waals surface area contributed by atoms with Gasteiger partial charge in [0.05, 0.1) is 4.88 Å². The van der Waals surface area contributed by atoms with Gasteiger partial charge in [0.2, 0.25) is 0 Å². The molecule has 0 atom stereocenters. The average Bonchev–Trinajstić information content (AvgIpc) is 2.73. The van der Waals surface area contributed by atoms with Crippen molar-refractivity contribution in [3.05, 3.63) is 45.4 Å². The highest BCUT2D eigenvalue weighted by Gasteiger charge is 2.00. The van der Waals surface area contributed by atoms with Gasteiger partial charge in [0.25, 0.3) is 0 Å². The summed E-state index contributed by atoms with van der Waals surface area (Å²) in [7, 11) is 0. The first-order valence-corrected chi connectivity index (χ1v) is 5.75. The van der Waals surface area contributed by atoms with E-state index < -0.39 is 0 Å². The number of thiazole rings is 1. The second-order valence-electron chi connectivity index (χ2n) is 3.06. The number of aldehydes is 1. The van der Waals surface area contributed by atoms with Crippen molar-refractivity contribution in [1.82, 2.24) is 4.98 Å². The molecular formula is C11H8ClNO2S. The molecule has 0 spiro atoms. The Morgan fingerprint density at radius 1 is 1.38 bits per heavy atom. The molecule has 82 valence electrons. The summed E-state index contributed by atoms with van der Waals surface area (Å²) in [4.78, 5) is 15.3. The van der Waals surface area contributed by atoms with E-state index in [1.165, 1.54) is 11.3 Å². The summed E-state index contributed by atoms with van der Waals surface area (Å²) in [6, 6.07) is 6.93. The third-order valence-corrected chi connectivity index (χ3v) is 3.01. The molecule has 3 nitrogen and oxygen atoms in total. The van der Waals surface area contributed by atoms with Crippen LogP contribution in [0.5, 0.6) is 5.75 Å². The molecule has 0 unspecified atom stereocenters. The number of rotatable bonds is 4. The number of aromatic nitrogens is 1. The van der Waals surface area contributed by atoms with E-state index in [2.05, 4.69) is 4.98 Å². The zero-order valence-corrected chi connectivity index (χ0v) is 9.79. The molecule has 5 heteroatoms. The molecule has 1 aromatic carbocycles. The monoisotopic (exact) mass is 253 g/mol. The summed E-state index contributed by atoms with van der Waals surface area (Å²) >= 11 is 7.08. The van der Waals surface area contributed by atoms with Gasteiger partial charge in [0.1, 0.15) is 18.6 Å². The smallest absolute Gasteiger partial charge is 0.183 e. The fourth-order valence-electron chi connectivity index (χ4n) is 1.15. The number of ether oxygens (including phenoxy) is 1. The van der Waals surface area contributed by atoms with Crippen LogP contribution in [0.25, 0.3) is 0 Å². The normalized spacial score (nSPS) is 10.1. The van der Waals surface area contributed by atoms with Gasteiger partial charge < -0.3 is 4.74 Å². The zero-order valence-electron chi connectivity index (χ0n) is 8.22. The Morgan fingerprint density at radius 2 is 2.12 bits per heavy atom. The van der Waals surface area contributed by atoms with E-state index in [9.17, 15) is 4.79 Å². The van der Waals surface area contributed by atoms with E-state index in [0.717, 1.165) is 16.9 Å². The molecular weight excluding hydrogens is 246 g/mol. The van der Waals surface area contributed by atoms with E-state index >= 15 is 0 Å². The number of nitrogens with zero attached hydrogens (tertiary/aromatic N) is 1. The minimum atomic E-state index is 0.435. The van der Waals surface area contributed by atoms with Gasteiger partial charge in [-0.2, -0.15) is 0 Å². The standard InChI is InChI=1S/C11H8ClNO2S/c12-11-13-5-10(16-11)7-15-9-3-1-8(6-14)2-4-9/h1-6H,7H2. The Kier molecular flexibility index (Phi) is 3.54. The van der Waals surface area contributed by atoms with Gasteiger partial charge in [0, 0.05) is 11.8 Å². The van der Waals surface area contributed by atoms with Gasteiger partial charge in [-0.1, -0.05) is 11.6 Å². The highest BCUT2D eigenvalue weighted by atomic mass is 35.5. The number of benzene rings is 1. The van der Waals surface area contributed by atoms with E-state index in [0.29, 0.717) is 16.6 Å². The molecule has 0 saturated carbocycles. The predicted octanol–water partition coefficient (Wildman–Crippen LogP) is 3.19. The van der Waals surface area contributed by atoms with Crippen LogP contribution in [0.15, 0.2) is 30.5 Å². The molecule has 1 aromatic heterocycles. The van der Waals surface area contributed by atoms with Gasteiger partial charge in [-0.05, 0) is 24.3 Å². The summed E-state index contributed by atoms with van der Waals surface area (Å²) in [5.74, 6) is 0.718. The Hall–Kier alpha value is -1.39. The zero-order chi connectivity index (χ0) is 11.4. The van der Waals surface area contributed by atoms with Crippen molar-refractivity contribution >= 4 is 29.2 Å². The van der Waals surface area contributed by atoms with Gasteiger partial charge in [0.15, 0.2) is 4.47 Å².